The second kappa shape index (κ2) is 8.18. The molecule has 7 heteroatoms. The molecule has 0 aliphatic carbocycles. The molecular weight excluding hydrogens is 368 g/mol. The van der Waals surface area contributed by atoms with Crippen molar-refractivity contribution in [3.05, 3.63) is 71.9 Å². The fourth-order valence-electron chi connectivity index (χ4n) is 3.33. The van der Waals surface area contributed by atoms with Gasteiger partial charge in [0.1, 0.15) is 11.4 Å². The molecule has 0 bridgehead atoms. The highest BCUT2D eigenvalue weighted by Crippen LogP contribution is 2.22. The van der Waals surface area contributed by atoms with E-state index in [0.29, 0.717) is 25.3 Å². The Hall–Kier alpha value is -3.61. The highest BCUT2D eigenvalue weighted by Gasteiger charge is 2.21. The van der Waals surface area contributed by atoms with Gasteiger partial charge in [-0.2, -0.15) is 5.10 Å². The number of carbonyl (C=O) groups excluding carboxylic acids is 2. The standard InChI is InChI=1S/C22H22N4O3/c1-25-19(13-18(24-25)16-7-3-2-4-8-16)22(28)23-11-12-26-14-17-9-5-6-10-20(17)29-15-21(26)27/h2-10,13H,11-12,14-15H2,1H3,(H,23,28). The van der Waals surface area contributed by atoms with Crippen LogP contribution in [0.3, 0.4) is 0 Å². The van der Waals surface area contributed by atoms with Crippen LogP contribution in [0.25, 0.3) is 11.3 Å². The normalized spacial score (nSPS) is 13.4. The summed E-state index contributed by atoms with van der Waals surface area (Å²) in [5, 5.41) is 7.31. The molecule has 1 N–H and O–H groups in total. The monoisotopic (exact) mass is 390 g/mol. The number of aromatic nitrogens is 2. The van der Waals surface area contributed by atoms with Gasteiger partial charge in [-0.25, -0.2) is 0 Å². The van der Waals surface area contributed by atoms with Gasteiger partial charge in [-0.1, -0.05) is 48.5 Å². The third-order valence-corrected chi connectivity index (χ3v) is 4.89. The second-order valence-electron chi connectivity index (χ2n) is 6.87. The van der Waals surface area contributed by atoms with Gasteiger partial charge in [0.2, 0.25) is 0 Å². The zero-order valence-electron chi connectivity index (χ0n) is 16.2. The molecule has 2 heterocycles. The van der Waals surface area contributed by atoms with E-state index in [9.17, 15) is 9.59 Å². The summed E-state index contributed by atoms with van der Waals surface area (Å²) in [7, 11) is 1.74. The number of para-hydroxylation sites is 1. The predicted octanol–water partition coefficient (Wildman–Crippen LogP) is 2.24. The molecule has 3 aromatic rings. The van der Waals surface area contributed by atoms with Crippen molar-refractivity contribution in [3.63, 3.8) is 0 Å². The zero-order valence-corrected chi connectivity index (χ0v) is 16.2. The number of ether oxygens (including phenoxy) is 1. The Labute approximate surface area is 168 Å². The predicted molar refractivity (Wildman–Crippen MR) is 108 cm³/mol. The minimum atomic E-state index is -0.221. The number of aryl methyl sites for hydroxylation is 1. The summed E-state index contributed by atoms with van der Waals surface area (Å²) in [4.78, 5) is 26.6. The first-order valence-electron chi connectivity index (χ1n) is 9.48. The maximum absolute atomic E-state index is 12.6. The van der Waals surface area contributed by atoms with E-state index < -0.39 is 0 Å². The number of hydrogen-bond acceptors (Lipinski definition) is 4. The summed E-state index contributed by atoms with van der Waals surface area (Å²) in [6.07, 6.45) is 0. The molecule has 2 aromatic carbocycles. The van der Waals surface area contributed by atoms with Gasteiger partial charge in [-0.3, -0.25) is 14.3 Å². The number of fused-ring (bicyclic) bond motifs is 1. The Morgan fingerprint density at radius 2 is 1.90 bits per heavy atom. The van der Waals surface area contributed by atoms with E-state index in [2.05, 4.69) is 10.4 Å². The van der Waals surface area contributed by atoms with Crippen LogP contribution in [-0.2, 0) is 18.4 Å². The van der Waals surface area contributed by atoms with Crippen molar-refractivity contribution in [2.24, 2.45) is 7.05 Å². The molecule has 29 heavy (non-hydrogen) atoms. The summed E-state index contributed by atoms with van der Waals surface area (Å²) in [6.45, 7) is 1.23. The highest BCUT2D eigenvalue weighted by atomic mass is 16.5. The first-order chi connectivity index (χ1) is 14.1. The third kappa shape index (κ3) is 4.13. The first kappa shape index (κ1) is 18.7. The SMILES string of the molecule is Cn1nc(-c2ccccc2)cc1C(=O)NCCN1Cc2ccccc2OCC1=O. The first-order valence-corrected chi connectivity index (χ1v) is 9.48. The lowest BCUT2D eigenvalue weighted by Crippen LogP contribution is -2.39. The quantitative estimate of drug-likeness (QED) is 0.725. The van der Waals surface area contributed by atoms with Crippen molar-refractivity contribution in [2.75, 3.05) is 19.7 Å². The molecule has 2 amide bonds. The molecule has 1 aliphatic heterocycles. The van der Waals surface area contributed by atoms with E-state index in [1.165, 1.54) is 0 Å². The lowest BCUT2D eigenvalue weighted by molar-refractivity contribution is -0.133. The van der Waals surface area contributed by atoms with Crippen LogP contribution >= 0.6 is 0 Å². The minimum absolute atomic E-state index is 0.00707. The van der Waals surface area contributed by atoms with E-state index in [1.807, 2.05) is 54.6 Å². The summed E-state index contributed by atoms with van der Waals surface area (Å²) < 4.78 is 7.13. The number of rotatable bonds is 5. The van der Waals surface area contributed by atoms with Gasteiger partial charge in [0.05, 0.1) is 5.69 Å². The number of nitrogens with zero attached hydrogens (tertiary/aromatic N) is 3. The maximum atomic E-state index is 12.6. The lowest BCUT2D eigenvalue weighted by atomic mass is 10.1. The van der Waals surface area contributed by atoms with Crippen molar-refractivity contribution < 1.29 is 14.3 Å². The molecule has 0 atom stereocenters. The van der Waals surface area contributed by atoms with Crippen molar-refractivity contribution in [1.82, 2.24) is 20.0 Å². The Bertz CT molecular complexity index is 1030. The Kier molecular flexibility index (Phi) is 5.29. The van der Waals surface area contributed by atoms with E-state index in [4.69, 9.17) is 4.74 Å². The number of nitrogens with one attached hydrogen (secondary N) is 1. The molecule has 0 unspecified atom stereocenters. The molecule has 0 radical (unpaired) electrons. The number of carbonyl (C=O) groups is 2. The Balaban J connectivity index is 1.38. The van der Waals surface area contributed by atoms with E-state index in [-0.39, 0.29) is 18.4 Å². The average Bonchev–Trinajstić information content (AvgIpc) is 3.06. The van der Waals surface area contributed by atoms with Gasteiger partial charge in [0, 0.05) is 37.8 Å². The van der Waals surface area contributed by atoms with Gasteiger partial charge in [-0.05, 0) is 12.1 Å². The van der Waals surface area contributed by atoms with Crippen LogP contribution < -0.4 is 10.1 Å². The van der Waals surface area contributed by atoms with Crippen LogP contribution in [0.2, 0.25) is 0 Å². The van der Waals surface area contributed by atoms with Gasteiger partial charge < -0.3 is 15.0 Å². The maximum Gasteiger partial charge on any atom is 0.269 e. The van der Waals surface area contributed by atoms with Crippen LogP contribution in [0.1, 0.15) is 16.1 Å². The van der Waals surface area contributed by atoms with Crippen LogP contribution in [0, 0.1) is 0 Å². The third-order valence-electron chi connectivity index (χ3n) is 4.89. The van der Waals surface area contributed by atoms with Gasteiger partial charge in [0.15, 0.2) is 6.61 Å². The van der Waals surface area contributed by atoms with Gasteiger partial charge in [-0.15, -0.1) is 0 Å². The number of amides is 2. The van der Waals surface area contributed by atoms with E-state index in [0.717, 1.165) is 22.6 Å². The van der Waals surface area contributed by atoms with Crippen molar-refractivity contribution in [3.8, 4) is 17.0 Å². The fourth-order valence-corrected chi connectivity index (χ4v) is 3.33. The lowest BCUT2D eigenvalue weighted by Gasteiger charge is -2.20. The van der Waals surface area contributed by atoms with E-state index in [1.54, 1.807) is 22.7 Å². The molecular formula is C22H22N4O3. The zero-order chi connectivity index (χ0) is 20.2. The van der Waals surface area contributed by atoms with Crippen LogP contribution in [0.15, 0.2) is 60.7 Å². The molecule has 0 saturated carbocycles. The highest BCUT2D eigenvalue weighted by molar-refractivity contribution is 5.93. The average molecular weight is 390 g/mol. The molecule has 1 aliphatic rings. The smallest absolute Gasteiger partial charge is 0.269 e. The number of hydrogen-bond donors (Lipinski definition) is 1. The van der Waals surface area contributed by atoms with E-state index >= 15 is 0 Å². The van der Waals surface area contributed by atoms with Crippen molar-refractivity contribution in [2.45, 2.75) is 6.54 Å². The molecule has 0 saturated heterocycles. The fraction of sp³-hybridized carbons (Fsp3) is 0.227. The molecule has 148 valence electrons. The molecule has 4 rings (SSSR count). The molecule has 0 spiro atoms. The minimum Gasteiger partial charge on any atom is -0.483 e. The summed E-state index contributed by atoms with van der Waals surface area (Å²) >= 11 is 0. The molecule has 0 fully saturated rings. The summed E-state index contributed by atoms with van der Waals surface area (Å²) in [5.41, 5.74) is 3.13. The Morgan fingerprint density at radius 1 is 1.14 bits per heavy atom. The van der Waals surface area contributed by atoms with Crippen molar-refractivity contribution >= 4 is 11.8 Å². The van der Waals surface area contributed by atoms with Gasteiger partial charge >= 0.3 is 0 Å². The Morgan fingerprint density at radius 3 is 2.72 bits per heavy atom. The molecule has 7 nitrogen and oxygen atoms in total. The summed E-state index contributed by atoms with van der Waals surface area (Å²) in [6, 6.07) is 19.1. The molecule has 1 aromatic heterocycles. The van der Waals surface area contributed by atoms with Crippen molar-refractivity contribution in [1.29, 1.82) is 0 Å². The topological polar surface area (TPSA) is 76.5 Å². The van der Waals surface area contributed by atoms with Gasteiger partial charge in [0.25, 0.3) is 11.8 Å². The largest absolute Gasteiger partial charge is 0.483 e. The number of benzene rings is 2. The second-order valence-corrected chi connectivity index (χ2v) is 6.87. The van der Waals surface area contributed by atoms with Crippen LogP contribution in [-0.4, -0.2) is 46.2 Å². The summed E-state index contributed by atoms with van der Waals surface area (Å²) in [5.74, 6) is 0.416. The van der Waals surface area contributed by atoms with Crippen LogP contribution in [0.5, 0.6) is 5.75 Å². The van der Waals surface area contributed by atoms with Crippen LogP contribution in [0.4, 0.5) is 0 Å².